The van der Waals surface area contributed by atoms with E-state index in [-0.39, 0.29) is 11.5 Å². The third-order valence-corrected chi connectivity index (χ3v) is 6.16. The quantitative estimate of drug-likeness (QED) is 0.672. The van der Waals surface area contributed by atoms with Crippen LogP contribution in [-0.2, 0) is 21.2 Å². The van der Waals surface area contributed by atoms with Crippen molar-refractivity contribution in [2.45, 2.75) is 23.8 Å². The summed E-state index contributed by atoms with van der Waals surface area (Å²) in [7, 11) is -3.86. The molecular formula is C22H21NO4S. The van der Waals surface area contributed by atoms with Crippen LogP contribution in [0.25, 0.3) is 0 Å². The van der Waals surface area contributed by atoms with Gasteiger partial charge in [-0.2, -0.15) is 0 Å². The van der Waals surface area contributed by atoms with E-state index in [1.807, 2.05) is 37.3 Å². The summed E-state index contributed by atoms with van der Waals surface area (Å²) in [6.07, 6.45) is -0.798. The molecular weight excluding hydrogens is 374 g/mol. The first-order valence-corrected chi connectivity index (χ1v) is 10.3. The zero-order valence-electron chi connectivity index (χ0n) is 15.4. The Balaban J connectivity index is 1.83. The van der Waals surface area contributed by atoms with Crippen molar-refractivity contribution in [1.82, 2.24) is 5.32 Å². The number of carbonyl (C=O) groups is 1. The summed E-state index contributed by atoms with van der Waals surface area (Å²) in [5.41, 5.74) is 2.22. The Labute approximate surface area is 164 Å². The molecule has 1 amide bonds. The van der Waals surface area contributed by atoms with Crippen molar-refractivity contribution in [2.75, 3.05) is 0 Å². The van der Waals surface area contributed by atoms with Gasteiger partial charge in [-0.3, -0.25) is 0 Å². The van der Waals surface area contributed by atoms with Gasteiger partial charge in [0, 0.05) is 0 Å². The molecule has 0 radical (unpaired) electrons. The molecule has 3 aromatic rings. The number of alkyl carbamates (subject to hydrolysis) is 1. The monoisotopic (exact) mass is 395 g/mol. The van der Waals surface area contributed by atoms with E-state index in [4.69, 9.17) is 4.74 Å². The van der Waals surface area contributed by atoms with E-state index in [0.717, 1.165) is 11.1 Å². The molecule has 28 heavy (non-hydrogen) atoms. The number of rotatable bonds is 6. The number of sulfone groups is 1. The minimum atomic E-state index is -3.86. The molecule has 0 bridgehead atoms. The second-order valence-electron chi connectivity index (χ2n) is 6.35. The molecule has 0 saturated carbocycles. The van der Waals surface area contributed by atoms with Crippen molar-refractivity contribution in [3.63, 3.8) is 0 Å². The molecule has 6 heteroatoms. The van der Waals surface area contributed by atoms with Crippen LogP contribution in [0.4, 0.5) is 4.79 Å². The predicted molar refractivity (Wildman–Crippen MR) is 107 cm³/mol. The molecule has 5 nitrogen and oxygen atoms in total. The fourth-order valence-electron chi connectivity index (χ4n) is 2.70. The van der Waals surface area contributed by atoms with E-state index in [9.17, 15) is 13.2 Å². The summed E-state index contributed by atoms with van der Waals surface area (Å²) in [6, 6.07) is 24.3. The molecule has 0 aliphatic rings. The lowest BCUT2D eigenvalue weighted by Crippen LogP contribution is -2.34. The summed E-state index contributed by atoms with van der Waals surface area (Å²) in [5.74, 6) is 0. The van der Waals surface area contributed by atoms with Crippen LogP contribution >= 0.6 is 0 Å². The highest BCUT2D eigenvalue weighted by atomic mass is 32.2. The summed E-state index contributed by atoms with van der Waals surface area (Å²) >= 11 is 0. The van der Waals surface area contributed by atoms with E-state index in [0.29, 0.717) is 5.56 Å². The standard InChI is InChI=1S/C22H21NO4S/c1-17-12-14-20(15-13-17)28(25,26)21(19-10-6-3-7-11-19)23-22(24)27-16-18-8-4-2-5-9-18/h2-15,21H,16H2,1H3,(H,23,24). The Morgan fingerprint density at radius 3 is 2.07 bits per heavy atom. The molecule has 0 heterocycles. The number of benzene rings is 3. The molecule has 3 aromatic carbocycles. The van der Waals surface area contributed by atoms with Gasteiger partial charge in [-0.15, -0.1) is 0 Å². The number of aryl methyl sites for hydroxylation is 1. The Morgan fingerprint density at radius 2 is 1.46 bits per heavy atom. The SMILES string of the molecule is Cc1ccc(S(=O)(=O)C(NC(=O)OCc2ccccc2)c2ccccc2)cc1. The lowest BCUT2D eigenvalue weighted by atomic mass is 10.2. The first-order chi connectivity index (χ1) is 13.5. The van der Waals surface area contributed by atoms with E-state index in [1.165, 1.54) is 12.1 Å². The highest BCUT2D eigenvalue weighted by Crippen LogP contribution is 2.27. The van der Waals surface area contributed by atoms with Crippen molar-refractivity contribution in [1.29, 1.82) is 0 Å². The van der Waals surface area contributed by atoms with Crippen molar-refractivity contribution >= 4 is 15.9 Å². The maximum atomic E-state index is 13.2. The normalized spacial score (nSPS) is 12.2. The lowest BCUT2D eigenvalue weighted by Gasteiger charge is -2.20. The van der Waals surface area contributed by atoms with Crippen LogP contribution in [-0.4, -0.2) is 14.5 Å². The largest absolute Gasteiger partial charge is 0.445 e. The zero-order chi connectivity index (χ0) is 20.0. The number of ether oxygens (including phenoxy) is 1. The smallest absolute Gasteiger partial charge is 0.408 e. The van der Waals surface area contributed by atoms with Crippen LogP contribution in [0.5, 0.6) is 0 Å². The maximum Gasteiger partial charge on any atom is 0.408 e. The average molecular weight is 395 g/mol. The molecule has 1 N–H and O–H groups in total. The van der Waals surface area contributed by atoms with Crippen LogP contribution in [0.2, 0.25) is 0 Å². The summed E-state index contributed by atoms with van der Waals surface area (Å²) < 4.78 is 31.6. The van der Waals surface area contributed by atoms with Crippen LogP contribution in [0, 0.1) is 6.92 Å². The van der Waals surface area contributed by atoms with E-state index in [1.54, 1.807) is 42.5 Å². The molecule has 1 unspecified atom stereocenters. The molecule has 0 spiro atoms. The fourth-order valence-corrected chi connectivity index (χ4v) is 4.26. The van der Waals surface area contributed by atoms with Gasteiger partial charge in [0.1, 0.15) is 6.61 Å². The molecule has 0 saturated heterocycles. The van der Waals surface area contributed by atoms with Gasteiger partial charge in [0.2, 0.25) is 9.84 Å². The van der Waals surface area contributed by atoms with Crippen LogP contribution in [0.1, 0.15) is 22.1 Å². The van der Waals surface area contributed by atoms with Crippen LogP contribution < -0.4 is 5.32 Å². The van der Waals surface area contributed by atoms with Gasteiger partial charge in [0.05, 0.1) is 4.90 Å². The summed E-state index contributed by atoms with van der Waals surface area (Å²) in [4.78, 5) is 12.5. The topological polar surface area (TPSA) is 72.5 Å². The Morgan fingerprint density at radius 1 is 0.893 bits per heavy atom. The minimum absolute atomic E-state index is 0.0543. The van der Waals surface area contributed by atoms with Crippen molar-refractivity contribution in [3.05, 3.63) is 102 Å². The Hall–Kier alpha value is -3.12. The first kappa shape index (κ1) is 19.6. The van der Waals surface area contributed by atoms with Gasteiger partial charge in [-0.1, -0.05) is 78.4 Å². The number of carbonyl (C=O) groups excluding carboxylic acids is 1. The summed E-state index contributed by atoms with van der Waals surface area (Å²) in [6.45, 7) is 1.93. The number of nitrogens with one attached hydrogen (secondary N) is 1. The zero-order valence-corrected chi connectivity index (χ0v) is 16.2. The predicted octanol–water partition coefficient (Wildman–Crippen LogP) is 4.39. The number of hydrogen-bond acceptors (Lipinski definition) is 4. The molecule has 1 atom stereocenters. The van der Waals surface area contributed by atoms with E-state index >= 15 is 0 Å². The molecule has 0 fully saturated rings. The van der Waals surface area contributed by atoms with Crippen molar-refractivity contribution in [2.24, 2.45) is 0 Å². The molecule has 0 aliphatic carbocycles. The van der Waals surface area contributed by atoms with Gasteiger partial charge in [0.15, 0.2) is 5.37 Å². The number of amides is 1. The molecule has 3 rings (SSSR count). The second-order valence-corrected chi connectivity index (χ2v) is 8.39. The fraction of sp³-hybridized carbons (Fsp3) is 0.136. The summed E-state index contributed by atoms with van der Waals surface area (Å²) in [5, 5.41) is 1.26. The highest BCUT2D eigenvalue weighted by Gasteiger charge is 2.31. The number of hydrogen-bond donors (Lipinski definition) is 1. The maximum absolute atomic E-state index is 13.2. The van der Waals surface area contributed by atoms with Gasteiger partial charge in [-0.05, 0) is 30.2 Å². The van der Waals surface area contributed by atoms with E-state index < -0.39 is 21.3 Å². The van der Waals surface area contributed by atoms with Gasteiger partial charge in [0.25, 0.3) is 0 Å². The van der Waals surface area contributed by atoms with Gasteiger partial charge >= 0.3 is 6.09 Å². The van der Waals surface area contributed by atoms with Gasteiger partial charge < -0.3 is 10.1 Å². The van der Waals surface area contributed by atoms with Crippen LogP contribution in [0.3, 0.4) is 0 Å². The third-order valence-electron chi connectivity index (χ3n) is 4.22. The highest BCUT2D eigenvalue weighted by molar-refractivity contribution is 7.91. The lowest BCUT2D eigenvalue weighted by molar-refractivity contribution is 0.138. The Kier molecular flexibility index (Phi) is 6.11. The van der Waals surface area contributed by atoms with E-state index in [2.05, 4.69) is 5.32 Å². The molecule has 0 aliphatic heterocycles. The van der Waals surface area contributed by atoms with Crippen LogP contribution in [0.15, 0.2) is 89.8 Å². The Bertz CT molecular complexity index is 1020. The second kappa shape index (κ2) is 8.71. The minimum Gasteiger partial charge on any atom is -0.445 e. The van der Waals surface area contributed by atoms with Crippen molar-refractivity contribution < 1.29 is 17.9 Å². The average Bonchev–Trinajstić information content (AvgIpc) is 2.72. The van der Waals surface area contributed by atoms with Gasteiger partial charge in [-0.25, -0.2) is 13.2 Å². The molecule has 144 valence electrons. The third kappa shape index (κ3) is 4.78. The first-order valence-electron chi connectivity index (χ1n) is 8.79. The van der Waals surface area contributed by atoms with Crippen molar-refractivity contribution in [3.8, 4) is 0 Å². The molecule has 0 aromatic heterocycles.